The van der Waals surface area contributed by atoms with E-state index in [2.05, 4.69) is 18.8 Å². The molecule has 0 N–H and O–H groups in total. The van der Waals surface area contributed by atoms with Crippen molar-refractivity contribution in [3.63, 3.8) is 0 Å². The summed E-state index contributed by atoms with van der Waals surface area (Å²) in [5.74, 6) is 0. The molecule has 1 aromatic heterocycles. The number of fused-ring (bicyclic) bond motifs is 1. The average Bonchev–Trinajstić information content (AvgIpc) is 2.35. The zero-order valence-electron chi connectivity index (χ0n) is 12.1. The third-order valence-corrected chi connectivity index (χ3v) is 3.29. The molecule has 0 aliphatic heterocycles. The van der Waals surface area contributed by atoms with Crippen LogP contribution in [0.1, 0.15) is 65.5 Å². The van der Waals surface area contributed by atoms with Gasteiger partial charge in [0.05, 0.1) is 5.02 Å². The molecule has 98 valence electrons. The maximum absolute atomic E-state index is 6.11. The number of nitrogens with zero attached hydrogens (tertiary/aromatic N) is 1. The Morgan fingerprint density at radius 2 is 1.71 bits per heavy atom. The van der Waals surface area contributed by atoms with Gasteiger partial charge in [0.25, 0.3) is 0 Å². The van der Waals surface area contributed by atoms with Crippen molar-refractivity contribution in [2.24, 2.45) is 0 Å². The number of rotatable bonds is 0. The van der Waals surface area contributed by atoms with Crippen LogP contribution in [-0.2, 0) is 11.8 Å². The van der Waals surface area contributed by atoms with Crippen LogP contribution >= 0.6 is 11.6 Å². The summed E-state index contributed by atoms with van der Waals surface area (Å²) in [5, 5.41) is 0.838. The van der Waals surface area contributed by atoms with Crippen molar-refractivity contribution in [1.29, 1.82) is 0 Å². The molecule has 1 aliphatic carbocycles. The Kier molecular flexibility index (Phi) is 7.45. The summed E-state index contributed by atoms with van der Waals surface area (Å²) in [6.45, 7) is 12.5. The van der Waals surface area contributed by atoms with E-state index >= 15 is 0 Å². The molecule has 0 spiro atoms. The highest BCUT2D eigenvalue weighted by molar-refractivity contribution is 6.31. The van der Waals surface area contributed by atoms with Gasteiger partial charge in [-0.2, -0.15) is 0 Å². The highest BCUT2D eigenvalue weighted by Gasteiger charge is 2.28. The van der Waals surface area contributed by atoms with Crippen LogP contribution in [0.2, 0.25) is 5.02 Å². The molecule has 0 fully saturated rings. The van der Waals surface area contributed by atoms with Crippen molar-refractivity contribution in [3.8, 4) is 0 Å². The Labute approximate surface area is 112 Å². The Hall–Kier alpha value is -0.560. The van der Waals surface area contributed by atoms with Crippen LogP contribution in [0.4, 0.5) is 0 Å². The van der Waals surface area contributed by atoms with E-state index in [0.717, 1.165) is 11.4 Å². The Morgan fingerprint density at radius 3 is 2.24 bits per heavy atom. The van der Waals surface area contributed by atoms with Crippen LogP contribution in [0.25, 0.3) is 0 Å². The van der Waals surface area contributed by atoms with Crippen LogP contribution in [-0.4, -0.2) is 4.98 Å². The molecule has 1 nitrogen and oxygen atoms in total. The fourth-order valence-corrected chi connectivity index (χ4v) is 2.39. The lowest BCUT2D eigenvalue weighted by molar-refractivity contribution is 0.430. The standard InChI is InChI=1S/C11H14ClN.2C2H6/c1-11(2)5-3-4-8-9(11)6-13-7-10(8)12;2*1-2/h6-7H,3-5H2,1-2H3;2*1-2H3. The molecule has 17 heavy (non-hydrogen) atoms. The maximum atomic E-state index is 6.11. The van der Waals surface area contributed by atoms with E-state index in [9.17, 15) is 0 Å². The molecule has 0 saturated carbocycles. The normalized spacial score (nSPS) is 15.7. The van der Waals surface area contributed by atoms with Crippen LogP contribution < -0.4 is 0 Å². The summed E-state index contributed by atoms with van der Waals surface area (Å²) in [6, 6.07) is 0. The number of halogens is 1. The summed E-state index contributed by atoms with van der Waals surface area (Å²) < 4.78 is 0. The minimum atomic E-state index is 0.255. The van der Waals surface area contributed by atoms with Gasteiger partial charge >= 0.3 is 0 Å². The molecule has 2 heteroatoms. The highest BCUT2D eigenvalue weighted by Crippen LogP contribution is 2.38. The van der Waals surface area contributed by atoms with Crippen molar-refractivity contribution in [2.45, 2.75) is 66.2 Å². The van der Waals surface area contributed by atoms with Crippen LogP contribution in [0.15, 0.2) is 12.4 Å². The quantitative estimate of drug-likeness (QED) is 0.605. The van der Waals surface area contributed by atoms with Gasteiger partial charge in [0.1, 0.15) is 0 Å². The molecule has 2 rings (SSSR count). The number of aromatic nitrogens is 1. The number of hydrogen-bond donors (Lipinski definition) is 0. The van der Waals surface area contributed by atoms with Crippen LogP contribution in [0.5, 0.6) is 0 Å². The van der Waals surface area contributed by atoms with Crippen LogP contribution in [0.3, 0.4) is 0 Å². The minimum absolute atomic E-state index is 0.255. The van der Waals surface area contributed by atoms with Crippen molar-refractivity contribution in [2.75, 3.05) is 0 Å². The average molecular weight is 256 g/mol. The van der Waals surface area contributed by atoms with E-state index in [-0.39, 0.29) is 5.41 Å². The van der Waals surface area contributed by atoms with E-state index < -0.39 is 0 Å². The minimum Gasteiger partial charge on any atom is -0.263 e. The second kappa shape index (κ2) is 7.71. The summed E-state index contributed by atoms with van der Waals surface area (Å²) >= 11 is 6.11. The monoisotopic (exact) mass is 255 g/mol. The van der Waals surface area contributed by atoms with Crippen LogP contribution in [0, 0.1) is 0 Å². The van der Waals surface area contributed by atoms with Gasteiger partial charge in [-0.05, 0) is 35.8 Å². The predicted octanol–water partition coefficient (Wildman–Crippen LogP) is 5.40. The largest absolute Gasteiger partial charge is 0.263 e. The van der Waals surface area contributed by atoms with Gasteiger partial charge in [0.15, 0.2) is 0 Å². The molecule has 0 bridgehead atoms. The van der Waals surface area contributed by atoms with Gasteiger partial charge < -0.3 is 0 Å². The SMILES string of the molecule is CC.CC.CC1(C)CCCc2c(Cl)cncc21. The third kappa shape index (κ3) is 3.99. The van der Waals surface area contributed by atoms with Gasteiger partial charge in [-0.1, -0.05) is 53.1 Å². The first kappa shape index (κ1) is 16.4. The number of pyridine rings is 1. The third-order valence-electron chi connectivity index (χ3n) is 2.96. The molecule has 1 aliphatic rings. The van der Waals surface area contributed by atoms with E-state index in [0.29, 0.717) is 0 Å². The molecule has 0 amide bonds. The lowest BCUT2D eigenvalue weighted by atomic mass is 9.74. The molecule has 0 unspecified atom stereocenters. The van der Waals surface area contributed by atoms with E-state index in [1.807, 2.05) is 33.9 Å². The first-order valence-electron chi connectivity index (χ1n) is 6.74. The van der Waals surface area contributed by atoms with Crippen molar-refractivity contribution in [3.05, 3.63) is 28.5 Å². The molecule has 0 aromatic carbocycles. The summed E-state index contributed by atoms with van der Waals surface area (Å²) in [7, 11) is 0. The van der Waals surface area contributed by atoms with Crippen molar-refractivity contribution in [1.82, 2.24) is 4.98 Å². The molecule has 0 saturated heterocycles. The number of hydrogen-bond acceptors (Lipinski definition) is 1. The van der Waals surface area contributed by atoms with Gasteiger partial charge in [-0.25, -0.2) is 0 Å². The zero-order chi connectivity index (χ0) is 13.5. The fourth-order valence-electron chi connectivity index (χ4n) is 2.14. The fraction of sp³-hybridized carbons (Fsp3) is 0.667. The first-order chi connectivity index (χ1) is 8.11. The second-order valence-corrected chi connectivity index (χ2v) is 4.79. The van der Waals surface area contributed by atoms with E-state index in [4.69, 9.17) is 11.6 Å². The molecule has 0 atom stereocenters. The first-order valence-corrected chi connectivity index (χ1v) is 7.12. The Morgan fingerprint density at radius 1 is 1.12 bits per heavy atom. The Balaban J connectivity index is 0.000000581. The molecule has 1 aromatic rings. The smallest absolute Gasteiger partial charge is 0.0624 e. The topological polar surface area (TPSA) is 12.9 Å². The zero-order valence-corrected chi connectivity index (χ0v) is 12.9. The predicted molar refractivity (Wildman–Crippen MR) is 77.9 cm³/mol. The van der Waals surface area contributed by atoms with Crippen molar-refractivity contribution >= 4 is 11.6 Å². The van der Waals surface area contributed by atoms with Crippen molar-refractivity contribution < 1.29 is 0 Å². The van der Waals surface area contributed by atoms with Gasteiger partial charge in [0.2, 0.25) is 0 Å². The molecule has 1 heterocycles. The van der Waals surface area contributed by atoms with Gasteiger partial charge in [0, 0.05) is 12.4 Å². The summed E-state index contributed by atoms with van der Waals surface area (Å²) in [5.41, 5.74) is 2.91. The molecule has 0 radical (unpaired) electrons. The highest BCUT2D eigenvalue weighted by atomic mass is 35.5. The summed E-state index contributed by atoms with van der Waals surface area (Å²) in [6.07, 6.45) is 7.31. The van der Waals surface area contributed by atoms with Gasteiger partial charge in [-0.3, -0.25) is 4.98 Å². The second-order valence-electron chi connectivity index (χ2n) is 4.38. The molecular formula is C15H26ClN. The lowest BCUT2D eigenvalue weighted by Crippen LogP contribution is -2.24. The molecular weight excluding hydrogens is 230 g/mol. The van der Waals surface area contributed by atoms with E-state index in [1.54, 1.807) is 6.20 Å². The van der Waals surface area contributed by atoms with E-state index in [1.165, 1.54) is 24.0 Å². The Bertz CT molecular complexity index is 332. The lowest BCUT2D eigenvalue weighted by Gasteiger charge is -2.32. The summed E-state index contributed by atoms with van der Waals surface area (Å²) in [4.78, 5) is 4.16. The maximum Gasteiger partial charge on any atom is 0.0624 e. The van der Waals surface area contributed by atoms with Gasteiger partial charge in [-0.15, -0.1) is 0 Å².